The molecule has 1 N–H and O–H groups in total. The molecule has 8 nitrogen and oxygen atoms in total. The van der Waals surface area contributed by atoms with Crippen LogP contribution in [0.5, 0.6) is 0 Å². The second kappa shape index (κ2) is 8.36. The largest absolute Gasteiger partial charge is 0.469 e. The van der Waals surface area contributed by atoms with Gasteiger partial charge in [0.1, 0.15) is 11.9 Å². The van der Waals surface area contributed by atoms with Gasteiger partial charge in [0, 0.05) is 20.6 Å². The van der Waals surface area contributed by atoms with Crippen molar-refractivity contribution in [2.45, 2.75) is 13.3 Å². The summed E-state index contributed by atoms with van der Waals surface area (Å²) >= 11 is 0. The Balaban J connectivity index is 2.33. The third-order valence-electron chi connectivity index (χ3n) is 4.39. The summed E-state index contributed by atoms with van der Waals surface area (Å²) in [6, 6.07) is 9.59. The Hall–Kier alpha value is -3.34. The van der Waals surface area contributed by atoms with Gasteiger partial charge in [-0.2, -0.15) is 5.26 Å². The first-order valence-corrected chi connectivity index (χ1v) is 8.37. The Bertz CT molecular complexity index is 1010. The average Bonchev–Trinajstić information content (AvgIpc) is 2.66. The lowest BCUT2D eigenvalue weighted by atomic mass is 9.98. The number of rotatable bonds is 6. The number of aromatic nitrogens is 2. The molecule has 0 aliphatic rings. The van der Waals surface area contributed by atoms with Crippen LogP contribution in [0.15, 0.2) is 33.9 Å². The van der Waals surface area contributed by atoms with Gasteiger partial charge in [-0.15, -0.1) is 0 Å². The minimum Gasteiger partial charge on any atom is -0.469 e. The zero-order valence-corrected chi connectivity index (χ0v) is 15.8. The number of carbonyl (C=O) groups excluding carboxylic acids is 1. The van der Waals surface area contributed by atoms with E-state index in [4.69, 9.17) is 4.74 Å². The van der Waals surface area contributed by atoms with Crippen molar-refractivity contribution in [3.05, 3.63) is 61.8 Å². The van der Waals surface area contributed by atoms with Crippen LogP contribution in [0.25, 0.3) is 0 Å². The smallest absolute Gasteiger partial charge is 0.332 e. The van der Waals surface area contributed by atoms with E-state index in [-0.39, 0.29) is 17.9 Å². The van der Waals surface area contributed by atoms with Crippen molar-refractivity contribution in [3.63, 3.8) is 0 Å². The standard InChI is InChI=1S/C19H22N4O4/c1-12-6-5-7-13(8-12)9-14(18(25)27-4)11-21-16-15(10-20)17(24)23(3)19(26)22(16)2/h5-8,14,21H,9,11H2,1-4H3. The third-order valence-corrected chi connectivity index (χ3v) is 4.39. The van der Waals surface area contributed by atoms with Gasteiger partial charge in [-0.3, -0.25) is 18.7 Å². The lowest BCUT2D eigenvalue weighted by molar-refractivity contribution is -0.144. The number of carbonyl (C=O) groups is 1. The molecule has 0 fully saturated rings. The first kappa shape index (κ1) is 20.0. The number of hydrogen-bond acceptors (Lipinski definition) is 6. The molecule has 142 valence electrons. The topological polar surface area (TPSA) is 106 Å². The Labute approximate surface area is 156 Å². The maximum atomic E-state index is 12.2. The van der Waals surface area contributed by atoms with Gasteiger partial charge in [0.15, 0.2) is 5.56 Å². The highest BCUT2D eigenvalue weighted by Crippen LogP contribution is 2.15. The number of hydrogen-bond donors (Lipinski definition) is 1. The lowest BCUT2D eigenvalue weighted by Crippen LogP contribution is -2.40. The first-order chi connectivity index (χ1) is 12.8. The molecule has 0 saturated heterocycles. The quantitative estimate of drug-likeness (QED) is 0.751. The minimum atomic E-state index is -0.684. The highest BCUT2D eigenvalue weighted by atomic mass is 16.5. The molecule has 0 bridgehead atoms. The Morgan fingerprint density at radius 1 is 1.30 bits per heavy atom. The van der Waals surface area contributed by atoms with E-state index in [0.29, 0.717) is 6.42 Å². The summed E-state index contributed by atoms with van der Waals surface area (Å²) in [5, 5.41) is 12.2. The van der Waals surface area contributed by atoms with E-state index in [9.17, 15) is 19.6 Å². The highest BCUT2D eigenvalue weighted by Gasteiger charge is 2.22. The van der Waals surface area contributed by atoms with Crippen LogP contribution in [-0.2, 0) is 30.0 Å². The summed E-state index contributed by atoms with van der Waals surface area (Å²) in [7, 11) is 4.07. The van der Waals surface area contributed by atoms with Gasteiger partial charge >= 0.3 is 11.7 Å². The first-order valence-electron chi connectivity index (χ1n) is 8.37. The van der Waals surface area contributed by atoms with Gasteiger partial charge in [-0.05, 0) is 18.9 Å². The van der Waals surface area contributed by atoms with Gasteiger partial charge < -0.3 is 10.1 Å². The molecule has 0 aliphatic heterocycles. The average molecular weight is 370 g/mol. The van der Waals surface area contributed by atoms with Gasteiger partial charge in [-0.25, -0.2) is 4.79 Å². The maximum absolute atomic E-state index is 12.2. The van der Waals surface area contributed by atoms with E-state index in [1.807, 2.05) is 37.3 Å². The van der Waals surface area contributed by atoms with Crippen molar-refractivity contribution in [3.8, 4) is 6.07 Å². The zero-order chi connectivity index (χ0) is 20.1. The molecule has 8 heteroatoms. The molecule has 2 rings (SSSR count). The summed E-state index contributed by atoms with van der Waals surface area (Å²) in [5.41, 5.74) is 0.611. The molecule has 2 aromatic rings. The number of nitriles is 1. The zero-order valence-electron chi connectivity index (χ0n) is 15.8. The van der Waals surface area contributed by atoms with Crippen molar-refractivity contribution in [1.82, 2.24) is 9.13 Å². The molecule has 0 amide bonds. The normalized spacial score (nSPS) is 11.5. The molecule has 1 heterocycles. The molecule has 1 aromatic heterocycles. The molecule has 1 aromatic carbocycles. The number of benzene rings is 1. The van der Waals surface area contributed by atoms with Crippen molar-refractivity contribution in [2.75, 3.05) is 19.0 Å². The van der Waals surface area contributed by atoms with Crippen LogP contribution < -0.4 is 16.6 Å². The summed E-state index contributed by atoms with van der Waals surface area (Å²) in [4.78, 5) is 36.5. The molecule has 1 atom stereocenters. The van der Waals surface area contributed by atoms with Gasteiger partial charge in [0.25, 0.3) is 5.56 Å². The Morgan fingerprint density at radius 2 is 2.00 bits per heavy atom. The van der Waals surface area contributed by atoms with E-state index < -0.39 is 23.1 Å². The fourth-order valence-corrected chi connectivity index (χ4v) is 2.90. The second-order valence-electron chi connectivity index (χ2n) is 6.34. The van der Waals surface area contributed by atoms with Crippen LogP contribution in [0.3, 0.4) is 0 Å². The molecular weight excluding hydrogens is 348 g/mol. The monoisotopic (exact) mass is 370 g/mol. The van der Waals surface area contributed by atoms with Gasteiger partial charge in [-0.1, -0.05) is 29.8 Å². The van der Waals surface area contributed by atoms with Crippen molar-refractivity contribution in [2.24, 2.45) is 20.0 Å². The van der Waals surface area contributed by atoms with E-state index in [0.717, 1.165) is 15.7 Å². The van der Waals surface area contributed by atoms with Gasteiger partial charge in [0.05, 0.1) is 13.0 Å². The molecule has 27 heavy (non-hydrogen) atoms. The SMILES string of the molecule is COC(=O)C(CNc1c(C#N)c(=O)n(C)c(=O)n1C)Cc1cccc(C)c1. The van der Waals surface area contributed by atoms with E-state index in [1.165, 1.54) is 25.8 Å². The fourth-order valence-electron chi connectivity index (χ4n) is 2.90. The number of esters is 1. The van der Waals surface area contributed by atoms with Crippen LogP contribution >= 0.6 is 0 Å². The predicted octanol–water partition coefficient (Wildman–Crippen LogP) is 0.708. The summed E-state index contributed by atoms with van der Waals surface area (Å²) < 4.78 is 6.93. The van der Waals surface area contributed by atoms with E-state index >= 15 is 0 Å². The van der Waals surface area contributed by atoms with Crippen LogP contribution in [-0.4, -0.2) is 28.8 Å². The summed E-state index contributed by atoms with van der Waals surface area (Å²) in [5.74, 6) is -0.886. The van der Waals surface area contributed by atoms with E-state index in [2.05, 4.69) is 5.32 Å². The predicted molar refractivity (Wildman–Crippen MR) is 101 cm³/mol. The highest BCUT2D eigenvalue weighted by molar-refractivity contribution is 5.73. The second-order valence-corrected chi connectivity index (χ2v) is 6.34. The summed E-state index contributed by atoms with van der Waals surface area (Å²) in [6.45, 7) is 2.07. The number of nitrogens with zero attached hydrogens (tertiary/aromatic N) is 3. The number of nitrogens with one attached hydrogen (secondary N) is 1. The fraction of sp³-hybridized carbons (Fsp3) is 0.368. The number of anilines is 1. The lowest BCUT2D eigenvalue weighted by Gasteiger charge is -2.19. The number of methoxy groups -OCH3 is 1. The van der Waals surface area contributed by atoms with Crippen molar-refractivity contribution >= 4 is 11.8 Å². The van der Waals surface area contributed by atoms with Crippen LogP contribution in [0.4, 0.5) is 5.82 Å². The molecule has 0 aliphatic carbocycles. The summed E-state index contributed by atoms with van der Waals surface area (Å²) in [6.07, 6.45) is 0.419. The van der Waals surface area contributed by atoms with Crippen LogP contribution in [0.1, 0.15) is 16.7 Å². The minimum absolute atomic E-state index is 0.0868. The molecule has 0 saturated carbocycles. The molecular formula is C19H22N4O4. The number of aryl methyl sites for hydroxylation is 1. The third kappa shape index (κ3) is 4.26. The van der Waals surface area contributed by atoms with Crippen LogP contribution in [0, 0.1) is 24.2 Å². The van der Waals surface area contributed by atoms with Crippen molar-refractivity contribution < 1.29 is 9.53 Å². The Kier molecular flexibility index (Phi) is 6.19. The molecule has 1 unspecified atom stereocenters. The van der Waals surface area contributed by atoms with Gasteiger partial charge in [0.2, 0.25) is 0 Å². The number of ether oxygens (including phenoxy) is 1. The van der Waals surface area contributed by atoms with Crippen LogP contribution in [0.2, 0.25) is 0 Å². The maximum Gasteiger partial charge on any atom is 0.332 e. The van der Waals surface area contributed by atoms with E-state index in [1.54, 1.807) is 0 Å². The molecule has 0 spiro atoms. The Morgan fingerprint density at radius 3 is 2.59 bits per heavy atom. The van der Waals surface area contributed by atoms with Crippen molar-refractivity contribution in [1.29, 1.82) is 5.26 Å². The molecule has 0 radical (unpaired) electrons.